The van der Waals surface area contributed by atoms with Gasteiger partial charge in [0.25, 0.3) is 0 Å². The standard InChI is InChI=1S/C15H22N2O4.ClH/c1-19-8-9-21-14-10-11(5-6-13(14)20-2)17-15(18)12-4-3-7-16-12;/h5-6,10,12,16H,3-4,7-9H2,1-2H3,(H,17,18);1H. The van der Waals surface area contributed by atoms with Crippen molar-refractivity contribution in [3.63, 3.8) is 0 Å². The molecule has 6 nitrogen and oxygen atoms in total. The van der Waals surface area contributed by atoms with E-state index < -0.39 is 0 Å². The van der Waals surface area contributed by atoms with Crippen LogP contribution in [0.4, 0.5) is 5.69 Å². The maximum absolute atomic E-state index is 12.1. The van der Waals surface area contributed by atoms with Crippen molar-refractivity contribution in [1.29, 1.82) is 0 Å². The predicted octanol–water partition coefficient (Wildman–Crippen LogP) is 1.83. The quantitative estimate of drug-likeness (QED) is 0.747. The zero-order valence-corrected chi connectivity index (χ0v) is 13.7. The first-order valence-corrected chi connectivity index (χ1v) is 7.08. The number of nitrogens with one attached hydrogen (secondary N) is 2. The van der Waals surface area contributed by atoms with E-state index in [9.17, 15) is 4.79 Å². The Kier molecular flexibility index (Phi) is 8.01. The topological polar surface area (TPSA) is 68.8 Å². The summed E-state index contributed by atoms with van der Waals surface area (Å²) in [6, 6.07) is 5.24. The molecule has 0 bridgehead atoms. The van der Waals surface area contributed by atoms with Gasteiger partial charge in [-0.15, -0.1) is 12.4 Å². The highest BCUT2D eigenvalue weighted by Crippen LogP contribution is 2.30. The van der Waals surface area contributed by atoms with E-state index in [-0.39, 0.29) is 24.4 Å². The van der Waals surface area contributed by atoms with Crippen molar-refractivity contribution >= 4 is 24.0 Å². The summed E-state index contributed by atoms with van der Waals surface area (Å²) in [5.41, 5.74) is 0.696. The Bertz CT molecular complexity index is 479. The van der Waals surface area contributed by atoms with Crippen molar-refractivity contribution in [2.24, 2.45) is 0 Å². The Morgan fingerprint density at radius 1 is 1.32 bits per heavy atom. The lowest BCUT2D eigenvalue weighted by atomic mass is 10.2. The molecule has 2 N–H and O–H groups in total. The zero-order valence-electron chi connectivity index (χ0n) is 12.9. The molecule has 1 unspecified atom stereocenters. The van der Waals surface area contributed by atoms with Crippen LogP contribution in [-0.4, -0.2) is 45.9 Å². The van der Waals surface area contributed by atoms with Gasteiger partial charge in [-0.3, -0.25) is 4.79 Å². The first-order chi connectivity index (χ1) is 10.2. The van der Waals surface area contributed by atoms with E-state index >= 15 is 0 Å². The molecule has 0 saturated carbocycles. The van der Waals surface area contributed by atoms with Crippen LogP contribution in [-0.2, 0) is 9.53 Å². The summed E-state index contributed by atoms with van der Waals surface area (Å²) in [6.07, 6.45) is 1.91. The smallest absolute Gasteiger partial charge is 0.241 e. The van der Waals surface area contributed by atoms with Gasteiger partial charge in [-0.05, 0) is 31.5 Å². The van der Waals surface area contributed by atoms with Crippen molar-refractivity contribution in [2.75, 3.05) is 39.3 Å². The summed E-state index contributed by atoms with van der Waals surface area (Å²) in [4.78, 5) is 12.1. The third-order valence-corrected chi connectivity index (χ3v) is 3.35. The second-order valence-electron chi connectivity index (χ2n) is 4.85. The normalized spacial score (nSPS) is 16.7. The second-order valence-corrected chi connectivity index (χ2v) is 4.85. The van der Waals surface area contributed by atoms with Crippen LogP contribution in [0.3, 0.4) is 0 Å². The maximum Gasteiger partial charge on any atom is 0.241 e. The average molecular weight is 331 g/mol. The SMILES string of the molecule is COCCOc1cc(NC(=O)C2CCCN2)ccc1OC.Cl. The number of methoxy groups -OCH3 is 2. The minimum absolute atomic E-state index is 0. The van der Waals surface area contributed by atoms with Crippen LogP contribution >= 0.6 is 12.4 Å². The molecule has 1 heterocycles. The number of rotatable bonds is 7. The molecule has 1 aromatic carbocycles. The molecule has 0 aliphatic carbocycles. The number of carbonyl (C=O) groups excluding carboxylic acids is 1. The molecule has 1 fully saturated rings. The minimum Gasteiger partial charge on any atom is -0.493 e. The van der Waals surface area contributed by atoms with Gasteiger partial charge < -0.3 is 24.8 Å². The summed E-state index contributed by atoms with van der Waals surface area (Å²) in [5.74, 6) is 1.20. The molecule has 0 radical (unpaired) electrons. The minimum atomic E-state index is -0.107. The van der Waals surface area contributed by atoms with Crippen molar-refractivity contribution in [3.8, 4) is 11.5 Å². The van der Waals surface area contributed by atoms with Crippen molar-refractivity contribution in [1.82, 2.24) is 5.32 Å². The fraction of sp³-hybridized carbons (Fsp3) is 0.533. The van der Waals surface area contributed by atoms with Gasteiger partial charge in [-0.1, -0.05) is 0 Å². The first-order valence-electron chi connectivity index (χ1n) is 7.08. The highest BCUT2D eigenvalue weighted by Gasteiger charge is 2.22. The lowest BCUT2D eigenvalue weighted by Crippen LogP contribution is -2.35. The van der Waals surface area contributed by atoms with Gasteiger partial charge in [-0.25, -0.2) is 0 Å². The average Bonchev–Trinajstić information content (AvgIpc) is 3.02. The molecular weight excluding hydrogens is 308 g/mol. The van der Waals surface area contributed by atoms with E-state index in [4.69, 9.17) is 14.2 Å². The Morgan fingerprint density at radius 3 is 2.77 bits per heavy atom. The van der Waals surface area contributed by atoms with E-state index in [1.165, 1.54) is 0 Å². The monoisotopic (exact) mass is 330 g/mol. The van der Waals surface area contributed by atoms with Crippen LogP contribution < -0.4 is 20.1 Å². The van der Waals surface area contributed by atoms with Crippen molar-refractivity contribution in [2.45, 2.75) is 18.9 Å². The molecule has 2 rings (SSSR count). The van der Waals surface area contributed by atoms with Gasteiger partial charge in [0.2, 0.25) is 5.91 Å². The van der Waals surface area contributed by atoms with Crippen LogP contribution in [0.1, 0.15) is 12.8 Å². The molecule has 1 aromatic rings. The van der Waals surface area contributed by atoms with E-state index in [2.05, 4.69) is 10.6 Å². The molecule has 124 valence electrons. The van der Waals surface area contributed by atoms with Crippen molar-refractivity contribution < 1.29 is 19.0 Å². The van der Waals surface area contributed by atoms with Gasteiger partial charge in [0.05, 0.1) is 19.8 Å². The Morgan fingerprint density at radius 2 is 2.14 bits per heavy atom. The Labute approximate surface area is 136 Å². The number of anilines is 1. The lowest BCUT2D eigenvalue weighted by molar-refractivity contribution is -0.117. The van der Waals surface area contributed by atoms with Gasteiger partial charge in [-0.2, -0.15) is 0 Å². The summed E-state index contributed by atoms with van der Waals surface area (Å²) < 4.78 is 15.8. The van der Waals surface area contributed by atoms with Crippen LogP contribution in [0.15, 0.2) is 18.2 Å². The molecular formula is C15H23ClN2O4. The molecule has 0 aromatic heterocycles. The number of halogens is 1. The van der Waals surface area contributed by atoms with Crippen LogP contribution in [0.25, 0.3) is 0 Å². The fourth-order valence-electron chi connectivity index (χ4n) is 2.24. The summed E-state index contributed by atoms with van der Waals surface area (Å²) in [6.45, 7) is 1.81. The zero-order chi connectivity index (χ0) is 15.1. The largest absolute Gasteiger partial charge is 0.493 e. The third kappa shape index (κ3) is 5.05. The van der Waals surface area contributed by atoms with Gasteiger partial charge in [0, 0.05) is 18.9 Å². The number of hydrogen-bond donors (Lipinski definition) is 2. The number of benzene rings is 1. The molecule has 22 heavy (non-hydrogen) atoms. The Balaban J connectivity index is 0.00000242. The molecule has 1 aliphatic rings. The lowest BCUT2D eigenvalue weighted by Gasteiger charge is -2.14. The van der Waals surface area contributed by atoms with E-state index in [0.29, 0.717) is 30.4 Å². The summed E-state index contributed by atoms with van der Waals surface area (Å²) in [7, 11) is 3.20. The van der Waals surface area contributed by atoms with Gasteiger partial charge in [0.15, 0.2) is 11.5 Å². The van der Waals surface area contributed by atoms with Gasteiger partial charge >= 0.3 is 0 Å². The molecule has 7 heteroatoms. The predicted molar refractivity (Wildman–Crippen MR) is 87.3 cm³/mol. The van der Waals surface area contributed by atoms with Crippen LogP contribution in [0, 0.1) is 0 Å². The molecule has 1 amide bonds. The molecule has 0 spiro atoms. The van der Waals surface area contributed by atoms with E-state index in [1.807, 2.05) is 0 Å². The van der Waals surface area contributed by atoms with Gasteiger partial charge in [0.1, 0.15) is 6.61 Å². The van der Waals surface area contributed by atoms with Crippen LogP contribution in [0.2, 0.25) is 0 Å². The summed E-state index contributed by atoms with van der Waals surface area (Å²) in [5, 5.41) is 6.07. The highest BCUT2D eigenvalue weighted by atomic mass is 35.5. The van der Waals surface area contributed by atoms with E-state index in [1.54, 1.807) is 32.4 Å². The summed E-state index contributed by atoms with van der Waals surface area (Å²) >= 11 is 0. The van der Waals surface area contributed by atoms with Crippen molar-refractivity contribution in [3.05, 3.63) is 18.2 Å². The Hall–Kier alpha value is -1.50. The molecule has 1 atom stereocenters. The fourth-order valence-corrected chi connectivity index (χ4v) is 2.24. The second kappa shape index (κ2) is 9.50. The maximum atomic E-state index is 12.1. The number of carbonyl (C=O) groups is 1. The van der Waals surface area contributed by atoms with Crippen LogP contribution in [0.5, 0.6) is 11.5 Å². The molecule has 1 saturated heterocycles. The number of amides is 1. The molecule has 1 aliphatic heterocycles. The highest BCUT2D eigenvalue weighted by molar-refractivity contribution is 5.95. The number of ether oxygens (including phenoxy) is 3. The first kappa shape index (κ1) is 18.5. The third-order valence-electron chi connectivity index (χ3n) is 3.35. The number of hydrogen-bond acceptors (Lipinski definition) is 5. The van der Waals surface area contributed by atoms with E-state index in [0.717, 1.165) is 19.4 Å².